The van der Waals surface area contributed by atoms with Gasteiger partial charge in [-0.1, -0.05) is 44.2 Å². The van der Waals surface area contributed by atoms with Gasteiger partial charge in [0.25, 0.3) is 0 Å². The van der Waals surface area contributed by atoms with Crippen molar-refractivity contribution in [2.45, 2.75) is 52.5 Å². The van der Waals surface area contributed by atoms with E-state index in [-0.39, 0.29) is 0 Å². The Labute approximate surface area is 107 Å². The molecule has 96 valence electrons. The zero-order valence-electron chi connectivity index (χ0n) is 11.6. The van der Waals surface area contributed by atoms with Crippen LogP contribution < -0.4 is 5.32 Å². The predicted molar refractivity (Wildman–Crippen MR) is 76.3 cm³/mol. The van der Waals surface area contributed by atoms with Crippen LogP contribution in [-0.2, 0) is 6.42 Å². The molecule has 0 aliphatic rings. The number of hydrogen-bond acceptors (Lipinski definition) is 1. The highest BCUT2D eigenvalue weighted by molar-refractivity contribution is 5.14. The number of nitrogens with one attached hydrogen (secondary N) is 1. The summed E-state index contributed by atoms with van der Waals surface area (Å²) in [4.78, 5) is 0. The Bertz CT molecular complexity index is 279. The van der Waals surface area contributed by atoms with Gasteiger partial charge in [-0.2, -0.15) is 0 Å². The maximum absolute atomic E-state index is 3.60. The number of unbranched alkanes of at least 4 members (excludes halogenated alkanes) is 1. The molecule has 0 heterocycles. The first kappa shape index (κ1) is 14.2. The monoisotopic (exact) mass is 233 g/mol. The van der Waals surface area contributed by atoms with Gasteiger partial charge in [0.05, 0.1) is 0 Å². The van der Waals surface area contributed by atoms with E-state index in [1.54, 1.807) is 0 Å². The lowest BCUT2D eigenvalue weighted by Crippen LogP contribution is -2.28. The van der Waals surface area contributed by atoms with Crippen LogP contribution in [-0.4, -0.2) is 12.6 Å². The second-order valence-corrected chi connectivity index (χ2v) is 5.43. The quantitative estimate of drug-likeness (QED) is 0.668. The number of rotatable bonds is 8. The van der Waals surface area contributed by atoms with Crippen LogP contribution in [0.1, 0.15) is 45.6 Å². The van der Waals surface area contributed by atoms with Gasteiger partial charge in [-0.25, -0.2) is 0 Å². The molecule has 0 saturated heterocycles. The molecule has 1 rings (SSSR count). The standard InChI is InChI=1S/C16H27N/c1-14(2)13-15(3)17-12-8-7-11-16-9-5-4-6-10-16/h4-6,9-10,14-15,17H,7-8,11-13H2,1-3H3. The summed E-state index contributed by atoms with van der Waals surface area (Å²) in [5.41, 5.74) is 1.46. The highest BCUT2D eigenvalue weighted by Gasteiger charge is 2.03. The van der Waals surface area contributed by atoms with Gasteiger partial charge in [-0.15, -0.1) is 0 Å². The molecule has 1 unspecified atom stereocenters. The molecule has 0 aliphatic carbocycles. The van der Waals surface area contributed by atoms with Crippen molar-refractivity contribution in [1.29, 1.82) is 0 Å². The maximum Gasteiger partial charge on any atom is 0.00411 e. The zero-order chi connectivity index (χ0) is 12.5. The van der Waals surface area contributed by atoms with Crippen LogP contribution in [0.25, 0.3) is 0 Å². The topological polar surface area (TPSA) is 12.0 Å². The summed E-state index contributed by atoms with van der Waals surface area (Å²) in [6.45, 7) is 8.01. The second-order valence-electron chi connectivity index (χ2n) is 5.43. The summed E-state index contributed by atoms with van der Waals surface area (Å²) in [5.74, 6) is 0.793. The first-order valence-electron chi connectivity index (χ1n) is 6.96. The third-order valence-corrected chi connectivity index (χ3v) is 3.05. The number of aryl methyl sites for hydroxylation is 1. The molecule has 1 atom stereocenters. The SMILES string of the molecule is CC(C)CC(C)NCCCCc1ccccc1. The molecule has 0 amide bonds. The fraction of sp³-hybridized carbons (Fsp3) is 0.625. The Hall–Kier alpha value is -0.820. The van der Waals surface area contributed by atoms with Gasteiger partial charge in [0.15, 0.2) is 0 Å². The van der Waals surface area contributed by atoms with E-state index < -0.39 is 0 Å². The lowest BCUT2D eigenvalue weighted by molar-refractivity contribution is 0.437. The molecule has 0 bridgehead atoms. The Kier molecular flexibility index (Phi) is 6.95. The average molecular weight is 233 g/mol. The summed E-state index contributed by atoms with van der Waals surface area (Å²) < 4.78 is 0. The molecule has 1 N–H and O–H groups in total. The normalized spacial score (nSPS) is 12.9. The molecule has 1 heteroatoms. The first-order valence-corrected chi connectivity index (χ1v) is 6.96. The molecule has 1 aromatic carbocycles. The Morgan fingerprint density at radius 3 is 2.35 bits per heavy atom. The fourth-order valence-electron chi connectivity index (χ4n) is 2.24. The van der Waals surface area contributed by atoms with Crippen LogP contribution in [0.2, 0.25) is 0 Å². The molecule has 0 radical (unpaired) electrons. The Morgan fingerprint density at radius 1 is 1.00 bits per heavy atom. The van der Waals surface area contributed by atoms with Crippen LogP contribution in [0.5, 0.6) is 0 Å². The Morgan fingerprint density at radius 2 is 1.71 bits per heavy atom. The summed E-state index contributed by atoms with van der Waals surface area (Å²) >= 11 is 0. The van der Waals surface area contributed by atoms with Crippen molar-refractivity contribution in [1.82, 2.24) is 5.32 Å². The molecule has 17 heavy (non-hydrogen) atoms. The zero-order valence-corrected chi connectivity index (χ0v) is 11.6. The van der Waals surface area contributed by atoms with E-state index in [0.717, 1.165) is 12.5 Å². The predicted octanol–water partition coefficient (Wildman–Crippen LogP) is 4.03. The largest absolute Gasteiger partial charge is 0.314 e. The number of benzene rings is 1. The van der Waals surface area contributed by atoms with Crippen molar-refractivity contribution in [3.63, 3.8) is 0 Å². The van der Waals surface area contributed by atoms with Crippen molar-refractivity contribution in [3.8, 4) is 0 Å². The first-order chi connectivity index (χ1) is 8.18. The molecule has 1 nitrogen and oxygen atoms in total. The van der Waals surface area contributed by atoms with Crippen LogP contribution in [0.3, 0.4) is 0 Å². The maximum atomic E-state index is 3.60. The van der Waals surface area contributed by atoms with E-state index in [1.807, 2.05) is 0 Å². The molecular weight excluding hydrogens is 206 g/mol. The van der Waals surface area contributed by atoms with Crippen molar-refractivity contribution >= 4 is 0 Å². The van der Waals surface area contributed by atoms with E-state index in [0.29, 0.717) is 6.04 Å². The van der Waals surface area contributed by atoms with Crippen LogP contribution >= 0.6 is 0 Å². The fourth-order valence-corrected chi connectivity index (χ4v) is 2.24. The minimum atomic E-state index is 0.659. The van der Waals surface area contributed by atoms with Gasteiger partial charge in [-0.05, 0) is 50.6 Å². The van der Waals surface area contributed by atoms with Gasteiger partial charge in [0.2, 0.25) is 0 Å². The molecule has 0 fully saturated rings. The van der Waals surface area contributed by atoms with E-state index >= 15 is 0 Å². The van der Waals surface area contributed by atoms with Crippen molar-refractivity contribution in [2.75, 3.05) is 6.54 Å². The molecule has 0 saturated carbocycles. The summed E-state index contributed by atoms with van der Waals surface area (Å²) in [6.07, 6.45) is 5.04. The van der Waals surface area contributed by atoms with Gasteiger partial charge in [-0.3, -0.25) is 0 Å². The molecule has 0 aliphatic heterocycles. The van der Waals surface area contributed by atoms with Gasteiger partial charge in [0, 0.05) is 6.04 Å². The van der Waals surface area contributed by atoms with Crippen molar-refractivity contribution in [2.24, 2.45) is 5.92 Å². The smallest absolute Gasteiger partial charge is 0.00411 e. The molecule has 0 spiro atoms. The molecular formula is C16H27N. The minimum absolute atomic E-state index is 0.659. The van der Waals surface area contributed by atoms with Crippen LogP contribution in [0.4, 0.5) is 0 Å². The highest BCUT2D eigenvalue weighted by Crippen LogP contribution is 2.06. The highest BCUT2D eigenvalue weighted by atomic mass is 14.9. The summed E-state index contributed by atoms with van der Waals surface area (Å²) in [7, 11) is 0. The van der Waals surface area contributed by atoms with Gasteiger partial charge < -0.3 is 5.32 Å². The van der Waals surface area contributed by atoms with Gasteiger partial charge in [0.1, 0.15) is 0 Å². The summed E-state index contributed by atoms with van der Waals surface area (Å²) in [5, 5.41) is 3.60. The Balaban J connectivity index is 2.01. The molecule has 0 aromatic heterocycles. The van der Waals surface area contributed by atoms with E-state index in [1.165, 1.54) is 31.2 Å². The third kappa shape index (κ3) is 7.17. The summed E-state index contributed by atoms with van der Waals surface area (Å²) in [6, 6.07) is 11.4. The van der Waals surface area contributed by atoms with Crippen molar-refractivity contribution in [3.05, 3.63) is 35.9 Å². The van der Waals surface area contributed by atoms with E-state index in [9.17, 15) is 0 Å². The third-order valence-electron chi connectivity index (χ3n) is 3.05. The lowest BCUT2D eigenvalue weighted by atomic mass is 10.0. The van der Waals surface area contributed by atoms with E-state index in [2.05, 4.69) is 56.4 Å². The van der Waals surface area contributed by atoms with E-state index in [4.69, 9.17) is 0 Å². The van der Waals surface area contributed by atoms with Crippen LogP contribution in [0, 0.1) is 5.92 Å². The number of hydrogen-bond donors (Lipinski definition) is 1. The van der Waals surface area contributed by atoms with Gasteiger partial charge >= 0.3 is 0 Å². The second kappa shape index (κ2) is 8.30. The molecule has 1 aromatic rings. The van der Waals surface area contributed by atoms with Crippen molar-refractivity contribution < 1.29 is 0 Å². The minimum Gasteiger partial charge on any atom is -0.314 e. The average Bonchev–Trinajstić information content (AvgIpc) is 2.29. The van der Waals surface area contributed by atoms with Crippen LogP contribution in [0.15, 0.2) is 30.3 Å². The lowest BCUT2D eigenvalue weighted by Gasteiger charge is -2.15.